The maximum absolute atomic E-state index is 9.98. The molecule has 1 N–H and O–H groups in total. The zero-order chi connectivity index (χ0) is 22.0. The maximum atomic E-state index is 9.98. The van der Waals surface area contributed by atoms with Crippen LogP contribution in [-0.2, 0) is 4.74 Å². The molecule has 0 saturated heterocycles. The largest absolute Gasteiger partial charge is 0.391 e. The molecule has 0 aromatic rings. The van der Waals surface area contributed by atoms with Crippen molar-refractivity contribution in [1.82, 2.24) is 0 Å². The average molecular weight is 423 g/mol. The summed E-state index contributed by atoms with van der Waals surface area (Å²) in [6.45, 7) is 5.83. The Kier molecular flexibility index (Phi) is 25.9. The molecule has 2 nitrogen and oxygen atoms in total. The van der Waals surface area contributed by atoms with Crippen molar-refractivity contribution in [3.05, 3.63) is 24.3 Å². The second-order valence-corrected chi connectivity index (χ2v) is 8.87. The SMILES string of the molecule is CCCCCC=CCC=CCCCCCCCCC[C@@H](O)COCCCCCCC. The van der Waals surface area contributed by atoms with Crippen molar-refractivity contribution in [2.75, 3.05) is 13.2 Å². The fraction of sp³-hybridized carbons (Fsp3) is 0.857. The molecule has 0 bridgehead atoms. The van der Waals surface area contributed by atoms with Crippen molar-refractivity contribution in [2.24, 2.45) is 0 Å². The van der Waals surface area contributed by atoms with Gasteiger partial charge in [-0.1, -0.05) is 115 Å². The summed E-state index contributed by atoms with van der Waals surface area (Å²) in [6.07, 6.45) is 32.9. The molecule has 2 heteroatoms. The molecule has 178 valence electrons. The Balaban J connectivity index is 3.22. The minimum Gasteiger partial charge on any atom is -0.391 e. The van der Waals surface area contributed by atoms with Crippen molar-refractivity contribution in [3.63, 3.8) is 0 Å². The van der Waals surface area contributed by atoms with Gasteiger partial charge in [-0.15, -0.1) is 0 Å². The van der Waals surface area contributed by atoms with Gasteiger partial charge < -0.3 is 9.84 Å². The van der Waals surface area contributed by atoms with Gasteiger partial charge in [0, 0.05) is 6.61 Å². The summed E-state index contributed by atoms with van der Waals surface area (Å²) in [5, 5.41) is 9.98. The lowest BCUT2D eigenvalue weighted by atomic mass is 10.1. The number of hydrogen-bond acceptors (Lipinski definition) is 2. The van der Waals surface area contributed by atoms with Crippen LogP contribution in [0.5, 0.6) is 0 Å². The third-order valence-electron chi connectivity index (χ3n) is 5.69. The molecule has 30 heavy (non-hydrogen) atoms. The predicted molar refractivity (Wildman–Crippen MR) is 134 cm³/mol. The lowest BCUT2D eigenvalue weighted by Gasteiger charge is -2.11. The van der Waals surface area contributed by atoms with Crippen LogP contribution in [0.15, 0.2) is 24.3 Å². The van der Waals surface area contributed by atoms with E-state index in [9.17, 15) is 5.11 Å². The normalized spacial score (nSPS) is 13.0. The highest BCUT2D eigenvalue weighted by molar-refractivity contribution is 4.92. The number of aliphatic hydroxyl groups excluding tert-OH is 1. The van der Waals surface area contributed by atoms with Crippen LogP contribution in [0.25, 0.3) is 0 Å². The van der Waals surface area contributed by atoms with E-state index in [4.69, 9.17) is 4.74 Å². The molecular formula is C28H54O2. The highest BCUT2D eigenvalue weighted by Gasteiger charge is 2.03. The molecule has 0 aromatic carbocycles. The molecule has 0 aliphatic rings. The first-order chi connectivity index (χ1) is 14.8. The molecule has 0 heterocycles. The quantitative estimate of drug-likeness (QED) is 0.124. The van der Waals surface area contributed by atoms with Crippen LogP contribution in [-0.4, -0.2) is 24.4 Å². The van der Waals surface area contributed by atoms with Crippen LogP contribution in [0.4, 0.5) is 0 Å². The number of allylic oxidation sites excluding steroid dienone is 4. The number of hydrogen-bond donors (Lipinski definition) is 1. The molecular weight excluding hydrogens is 368 g/mol. The van der Waals surface area contributed by atoms with Gasteiger partial charge in [0.15, 0.2) is 0 Å². The fourth-order valence-corrected chi connectivity index (χ4v) is 3.66. The molecule has 0 amide bonds. The summed E-state index contributed by atoms with van der Waals surface area (Å²) in [7, 11) is 0. The molecule has 1 atom stereocenters. The van der Waals surface area contributed by atoms with Crippen LogP contribution >= 0.6 is 0 Å². The van der Waals surface area contributed by atoms with E-state index >= 15 is 0 Å². The van der Waals surface area contributed by atoms with Crippen molar-refractivity contribution >= 4 is 0 Å². The Labute approximate surface area is 189 Å². The first-order valence-electron chi connectivity index (χ1n) is 13.4. The van der Waals surface area contributed by atoms with Crippen molar-refractivity contribution < 1.29 is 9.84 Å². The smallest absolute Gasteiger partial charge is 0.0773 e. The van der Waals surface area contributed by atoms with Crippen LogP contribution in [0.1, 0.15) is 136 Å². The number of ether oxygens (including phenoxy) is 1. The van der Waals surface area contributed by atoms with Gasteiger partial charge >= 0.3 is 0 Å². The molecule has 0 radical (unpaired) electrons. The molecule has 0 spiro atoms. The summed E-state index contributed by atoms with van der Waals surface area (Å²) in [5.74, 6) is 0. The third-order valence-corrected chi connectivity index (χ3v) is 5.69. The molecule has 0 unspecified atom stereocenters. The highest BCUT2D eigenvalue weighted by Crippen LogP contribution is 2.11. The lowest BCUT2D eigenvalue weighted by molar-refractivity contribution is 0.0298. The summed E-state index contributed by atoms with van der Waals surface area (Å²) >= 11 is 0. The van der Waals surface area contributed by atoms with Gasteiger partial charge in [0.05, 0.1) is 12.7 Å². The first-order valence-corrected chi connectivity index (χ1v) is 13.4. The number of unbranched alkanes of at least 4 members (excludes halogenated alkanes) is 14. The van der Waals surface area contributed by atoms with E-state index < -0.39 is 0 Å². The van der Waals surface area contributed by atoms with E-state index in [1.807, 2.05) is 0 Å². The van der Waals surface area contributed by atoms with Gasteiger partial charge in [0.2, 0.25) is 0 Å². The Hall–Kier alpha value is -0.600. The molecule has 0 aliphatic carbocycles. The van der Waals surface area contributed by atoms with E-state index in [1.54, 1.807) is 0 Å². The van der Waals surface area contributed by atoms with Crippen molar-refractivity contribution in [2.45, 2.75) is 142 Å². The Bertz CT molecular complexity index is 362. The van der Waals surface area contributed by atoms with Crippen molar-refractivity contribution in [3.8, 4) is 0 Å². The summed E-state index contributed by atoms with van der Waals surface area (Å²) in [4.78, 5) is 0. The molecule has 0 saturated carbocycles. The maximum Gasteiger partial charge on any atom is 0.0773 e. The summed E-state index contributed by atoms with van der Waals surface area (Å²) < 4.78 is 5.60. The average Bonchev–Trinajstić information content (AvgIpc) is 2.75. The van der Waals surface area contributed by atoms with Crippen LogP contribution in [0.2, 0.25) is 0 Å². The van der Waals surface area contributed by atoms with Crippen molar-refractivity contribution in [1.29, 1.82) is 0 Å². The monoisotopic (exact) mass is 422 g/mol. The molecule has 0 aromatic heterocycles. The Morgan fingerprint density at radius 2 is 1.10 bits per heavy atom. The molecule has 0 aliphatic heterocycles. The van der Waals surface area contributed by atoms with Gasteiger partial charge in [-0.3, -0.25) is 0 Å². The van der Waals surface area contributed by atoms with Crippen LogP contribution < -0.4 is 0 Å². The lowest BCUT2D eigenvalue weighted by Crippen LogP contribution is -2.15. The fourth-order valence-electron chi connectivity index (χ4n) is 3.66. The second kappa shape index (κ2) is 26.4. The highest BCUT2D eigenvalue weighted by atomic mass is 16.5. The van der Waals surface area contributed by atoms with Gasteiger partial charge in [-0.25, -0.2) is 0 Å². The molecule has 0 fully saturated rings. The molecule has 0 rings (SSSR count). The van der Waals surface area contributed by atoms with E-state index in [1.165, 1.54) is 96.3 Å². The number of aliphatic hydroxyl groups is 1. The Morgan fingerprint density at radius 1 is 0.600 bits per heavy atom. The van der Waals surface area contributed by atoms with E-state index in [0.29, 0.717) is 6.61 Å². The van der Waals surface area contributed by atoms with Crippen LogP contribution in [0.3, 0.4) is 0 Å². The number of rotatable bonds is 24. The van der Waals surface area contributed by atoms with Crippen LogP contribution in [0, 0.1) is 0 Å². The van der Waals surface area contributed by atoms with E-state index in [0.717, 1.165) is 32.3 Å². The predicted octanol–water partition coefficient (Wildman–Crippen LogP) is 8.93. The van der Waals surface area contributed by atoms with Gasteiger partial charge in [0.1, 0.15) is 0 Å². The standard InChI is InChI=1S/C28H54O2/c1-3-5-7-9-10-11-12-13-14-15-16-17-18-19-20-21-23-25-28(29)27-30-26-24-22-8-6-4-2/h10-11,13-14,28-29H,3-9,12,15-27H2,1-2H3/t28-/m1/s1. The Morgan fingerprint density at radius 3 is 1.77 bits per heavy atom. The topological polar surface area (TPSA) is 29.5 Å². The van der Waals surface area contributed by atoms with Gasteiger partial charge in [-0.2, -0.15) is 0 Å². The minimum atomic E-state index is -0.265. The first kappa shape index (κ1) is 29.4. The van der Waals surface area contributed by atoms with Gasteiger partial charge in [0.25, 0.3) is 0 Å². The second-order valence-electron chi connectivity index (χ2n) is 8.87. The summed E-state index contributed by atoms with van der Waals surface area (Å²) in [5.41, 5.74) is 0. The third kappa shape index (κ3) is 25.4. The van der Waals surface area contributed by atoms with E-state index in [2.05, 4.69) is 38.2 Å². The van der Waals surface area contributed by atoms with Gasteiger partial charge in [-0.05, 0) is 44.9 Å². The zero-order valence-electron chi connectivity index (χ0n) is 20.6. The minimum absolute atomic E-state index is 0.265. The zero-order valence-corrected chi connectivity index (χ0v) is 20.6. The summed E-state index contributed by atoms with van der Waals surface area (Å²) in [6, 6.07) is 0. The van der Waals surface area contributed by atoms with E-state index in [-0.39, 0.29) is 6.10 Å².